The van der Waals surface area contributed by atoms with Gasteiger partial charge in [-0.2, -0.15) is 0 Å². The Kier molecular flexibility index (Phi) is 5.72. The van der Waals surface area contributed by atoms with E-state index in [2.05, 4.69) is 5.32 Å². The van der Waals surface area contributed by atoms with Crippen molar-refractivity contribution in [3.63, 3.8) is 0 Å². The van der Waals surface area contributed by atoms with Crippen LogP contribution in [0.25, 0.3) is 6.08 Å². The zero-order valence-electron chi connectivity index (χ0n) is 16.7. The maximum Gasteiger partial charge on any atom is 0.270 e. The van der Waals surface area contributed by atoms with Gasteiger partial charge >= 0.3 is 0 Å². The first-order valence-corrected chi connectivity index (χ1v) is 11.6. The molecular weight excluding hydrogens is 470 g/mol. The quantitative estimate of drug-likeness (QED) is 0.347. The summed E-state index contributed by atoms with van der Waals surface area (Å²) in [5.74, 6) is -1.40. The number of carbonyl (C=O) groups is 2. The predicted molar refractivity (Wildman–Crippen MR) is 126 cm³/mol. The van der Waals surface area contributed by atoms with E-state index < -0.39 is 21.8 Å². The molecular formula is C22H16ClN3O4S2. The summed E-state index contributed by atoms with van der Waals surface area (Å²) in [6.45, 7) is 1.85. The van der Waals surface area contributed by atoms with Crippen molar-refractivity contribution in [2.24, 2.45) is 0 Å². The van der Waals surface area contributed by atoms with E-state index in [0.29, 0.717) is 10.7 Å². The predicted octanol–water partition coefficient (Wildman–Crippen LogP) is 3.52. The summed E-state index contributed by atoms with van der Waals surface area (Å²) in [7, 11) is -3.93. The molecule has 7 nitrogen and oxygen atoms in total. The molecule has 1 fully saturated rings. The van der Waals surface area contributed by atoms with Crippen LogP contribution in [0.2, 0.25) is 5.02 Å². The van der Waals surface area contributed by atoms with Gasteiger partial charge in [0.1, 0.15) is 5.57 Å². The highest BCUT2D eigenvalue weighted by molar-refractivity contribution is 7.90. The van der Waals surface area contributed by atoms with Crippen molar-refractivity contribution in [2.45, 2.75) is 11.8 Å². The fourth-order valence-electron chi connectivity index (χ4n) is 3.16. The van der Waals surface area contributed by atoms with Crippen molar-refractivity contribution >= 4 is 62.5 Å². The normalized spacial score (nSPS) is 15.9. The fraction of sp³-hybridized carbons (Fsp3) is 0.0455. The van der Waals surface area contributed by atoms with Crippen LogP contribution in [-0.4, -0.2) is 29.3 Å². The van der Waals surface area contributed by atoms with Crippen LogP contribution in [0.5, 0.6) is 0 Å². The van der Waals surface area contributed by atoms with E-state index in [1.165, 1.54) is 36.5 Å². The lowest BCUT2D eigenvalue weighted by Crippen LogP contribution is -2.54. The van der Waals surface area contributed by atoms with Gasteiger partial charge in [-0.1, -0.05) is 29.3 Å². The second-order valence-electron chi connectivity index (χ2n) is 6.98. The number of amides is 2. The number of thiocarbonyl (C=S) groups is 1. The Morgan fingerprint density at radius 1 is 1.00 bits per heavy atom. The molecule has 2 heterocycles. The van der Waals surface area contributed by atoms with Crippen molar-refractivity contribution in [3.05, 3.63) is 88.7 Å². The Hall–Kier alpha value is -3.27. The van der Waals surface area contributed by atoms with Crippen molar-refractivity contribution in [1.82, 2.24) is 9.29 Å². The zero-order valence-corrected chi connectivity index (χ0v) is 19.0. The molecule has 3 aromatic rings. The molecule has 10 heteroatoms. The summed E-state index contributed by atoms with van der Waals surface area (Å²) < 4.78 is 27.2. The van der Waals surface area contributed by atoms with E-state index in [4.69, 9.17) is 23.8 Å². The molecule has 1 saturated heterocycles. The average Bonchev–Trinajstić information content (AvgIpc) is 3.22. The molecule has 32 heavy (non-hydrogen) atoms. The molecule has 0 unspecified atom stereocenters. The minimum atomic E-state index is -3.93. The second-order valence-corrected chi connectivity index (χ2v) is 9.62. The van der Waals surface area contributed by atoms with E-state index in [1.807, 2.05) is 6.92 Å². The largest absolute Gasteiger partial charge is 0.298 e. The topological polar surface area (TPSA) is 88.5 Å². The van der Waals surface area contributed by atoms with Gasteiger partial charge in [0.05, 0.1) is 16.3 Å². The maximum absolute atomic E-state index is 13.1. The van der Waals surface area contributed by atoms with Gasteiger partial charge in [-0.25, -0.2) is 12.4 Å². The van der Waals surface area contributed by atoms with Gasteiger partial charge < -0.3 is 0 Å². The number of halogens is 1. The number of anilines is 1. The Labute approximate surface area is 195 Å². The third-order valence-corrected chi connectivity index (χ3v) is 7.05. The number of rotatable bonds is 4. The fourth-order valence-corrected chi connectivity index (χ4v) is 4.90. The lowest BCUT2D eigenvalue weighted by molar-refractivity contribution is -0.122. The van der Waals surface area contributed by atoms with Crippen LogP contribution in [0.4, 0.5) is 5.69 Å². The molecule has 0 saturated carbocycles. The van der Waals surface area contributed by atoms with Crippen LogP contribution in [0, 0.1) is 6.92 Å². The first-order chi connectivity index (χ1) is 15.2. The zero-order chi connectivity index (χ0) is 23.0. The number of hydrogen-bond acceptors (Lipinski definition) is 5. The van der Waals surface area contributed by atoms with Gasteiger partial charge in [0, 0.05) is 11.2 Å². The van der Waals surface area contributed by atoms with Crippen molar-refractivity contribution in [3.8, 4) is 0 Å². The van der Waals surface area contributed by atoms with E-state index in [1.54, 1.807) is 36.4 Å². The van der Waals surface area contributed by atoms with Crippen LogP contribution in [0.3, 0.4) is 0 Å². The molecule has 162 valence electrons. The van der Waals surface area contributed by atoms with Crippen LogP contribution in [-0.2, 0) is 19.6 Å². The van der Waals surface area contributed by atoms with Crippen molar-refractivity contribution < 1.29 is 18.0 Å². The number of hydrogen-bond donors (Lipinski definition) is 1. The molecule has 2 amide bonds. The van der Waals surface area contributed by atoms with E-state index in [0.717, 1.165) is 14.4 Å². The number of aryl methyl sites for hydroxylation is 1. The first-order valence-electron chi connectivity index (χ1n) is 9.35. The molecule has 0 radical (unpaired) electrons. The smallest absolute Gasteiger partial charge is 0.270 e. The Bertz CT molecular complexity index is 1380. The summed E-state index contributed by atoms with van der Waals surface area (Å²) in [5.41, 5.74) is 1.22. The van der Waals surface area contributed by atoms with Crippen LogP contribution >= 0.6 is 23.8 Å². The Balaban J connectivity index is 1.76. The van der Waals surface area contributed by atoms with Gasteiger partial charge in [0.2, 0.25) is 0 Å². The van der Waals surface area contributed by atoms with Crippen molar-refractivity contribution in [1.29, 1.82) is 0 Å². The second kappa shape index (κ2) is 8.34. The molecule has 0 bridgehead atoms. The lowest BCUT2D eigenvalue weighted by Gasteiger charge is -2.29. The van der Waals surface area contributed by atoms with Crippen LogP contribution < -0.4 is 10.2 Å². The minimum absolute atomic E-state index is 0.0814. The number of nitrogens with zero attached hydrogens (tertiary/aromatic N) is 2. The van der Waals surface area contributed by atoms with Crippen LogP contribution in [0.15, 0.2) is 77.3 Å². The standard InChI is InChI=1S/C22H16ClN3O4S2/c1-14-4-10-18(11-5-14)32(29,30)25-12-2-3-17(25)13-19-20(27)24-22(31)26(21(19)28)16-8-6-15(23)7-9-16/h2-13H,1H3,(H,24,27,31)/b19-13+. The number of aromatic nitrogens is 1. The average molecular weight is 486 g/mol. The van der Waals surface area contributed by atoms with Gasteiger partial charge in [0.15, 0.2) is 5.11 Å². The first kappa shape index (κ1) is 21.9. The third kappa shape index (κ3) is 3.97. The monoisotopic (exact) mass is 485 g/mol. The van der Waals surface area contributed by atoms with Gasteiger partial charge in [-0.3, -0.25) is 19.8 Å². The van der Waals surface area contributed by atoms with Gasteiger partial charge in [-0.15, -0.1) is 0 Å². The summed E-state index contributed by atoms with van der Waals surface area (Å²) in [5, 5.41) is 2.86. The molecule has 4 rings (SSSR count). The Morgan fingerprint density at radius 2 is 1.66 bits per heavy atom. The number of benzene rings is 2. The summed E-state index contributed by atoms with van der Waals surface area (Å²) in [6, 6.07) is 15.8. The molecule has 1 aliphatic rings. The lowest BCUT2D eigenvalue weighted by atomic mass is 10.1. The molecule has 1 aromatic heterocycles. The SMILES string of the molecule is Cc1ccc(S(=O)(=O)n2cccc2/C=C2\C(=O)NC(=S)N(c3ccc(Cl)cc3)C2=O)cc1. The number of nitrogens with one attached hydrogen (secondary N) is 1. The third-order valence-electron chi connectivity index (χ3n) is 4.80. The van der Waals surface area contributed by atoms with E-state index in [-0.39, 0.29) is 21.3 Å². The Morgan fingerprint density at radius 3 is 2.31 bits per heavy atom. The number of carbonyl (C=O) groups excluding carboxylic acids is 2. The highest BCUT2D eigenvalue weighted by Crippen LogP contribution is 2.25. The van der Waals surface area contributed by atoms with Gasteiger partial charge in [0.25, 0.3) is 21.8 Å². The molecule has 0 atom stereocenters. The maximum atomic E-state index is 13.1. The van der Waals surface area contributed by atoms with Gasteiger partial charge in [-0.05, 0) is 73.7 Å². The molecule has 0 aliphatic carbocycles. The minimum Gasteiger partial charge on any atom is -0.298 e. The molecule has 1 N–H and O–H groups in total. The van der Waals surface area contributed by atoms with Crippen LogP contribution in [0.1, 0.15) is 11.3 Å². The van der Waals surface area contributed by atoms with E-state index in [9.17, 15) is 18.0 Å². The summed E-state index contributed by atoms with van der Waals surface area (Å²) in [4.78, 5) is 26.9. The van der Waals surface area contributed by atoms with E-state index >= 15 is 0 Å². The van der Waals surface area contributed by atoms with Crippen molar-refractivity contribution in [2.75, 3.05) is 4.90 Å². The highest BCUT2D eigenvalue weighted by Gasteiger charge is 2.35. The summed E-state index contributed by atoms with van der Waals surface area (Å²) in [6.07, 6.45) is 2.59. The molecule has 1 aliphatic heterocycles. The molecule has 2 aromatic carbocycles. The summed E-state index contributed by atoms with van der Waals surface area (Å²) >= 11 is 11.1. The highest BCUT2D eigenvalue weighted by atomic mass is 35.5. The molecule has 0 spiro atoms.